The Bertz CT molecular complexity index is 403. The van der Waals surface area contributed by atoms with E-state index in [1.165, 1.54) is 0 Å². The zero-order chi connectivity index (χ0) is 14.4. The van der Waals surface area contributed by atoms with Crippen molar-refractivity contribution in [2.45, 2.75) is 46.6 Å². The topological polar surface area (TPSA) is 68.0 Å². The van der Waals surface area contributed by atoms with E-state index in [4.69, 9.17) is 5.73 Å². The molecule has 2 atom stereocenters. The maximum atomic E-state index is 12.0. The van der Waals surface area contributed by atoms with Gasteiger partial charge in [0.15, 0.2) is 0 Å². The molecule has 2 unspecified atom stereocenters. The number of rotatable bonds is 7. The SMILES string of the molecule is Cc1csc(C(C)NC(=O)CC(CN)CC(C)C)n1. The Morgan fingerprint density at radius 1 is 1.47 bits per heavy atom. The van der Waals surface area contributed by atoms with Crippen molar-refractivity contribution < 1.29 is 4.79 Å². The van der Waals surface area contributed by atoms with Gasteiger partial charge in [0.25, 0.3) is 0 Å². The van der Waals surface area contributed by atoms with Crippen LogP contribution >= 0.6 is 11.3 Å². The summed E-state index contributed by atoms with van der Waals surface area (Å²) in [5, 5.41) is 5.96. The second-order valence-electron chi connectivity index (χ2n) is 5.55. The molecule has 1 aromatic rings. The zero-order valence-corrected chi connectivity index (χ0v) is 13.1. The predicted molar refractivity (Wildman–Crippen MR) is 80.0 cm³/mol. The van der Waals surface area contributed by atoms with Crippen LogP contribution in [0.4, 0.5) is 0 Å². The van der Waals surface area contributed by atoms with Gasteiger partial charge in [-0.25, -0.2) is 4.98 Å². The maximum absolute atomic E-state index is 12.0. The van der Waals surface area contributed by atoms with Crippen molar-refractivity contribution in [2.75, 3.05) is 6.54 Å². The van der Waals surface area contributed by atoms with Crippen LogP contribution in [0.2, 0.25) is 0 Å². The molecule has 0 aliphatic carbocycles. The normalized spacial score (nSPS) is 14.4. The largest absolute Gasteiger partial charge is 0.347 e. The Labute approximate surface area is 119 Å². The van der Waals surface area contributed by atoms with Gasteiger partial charge >= 0.3 is 0 Å². The molecule has 0 fully saturated rings. The van der Waals surface area contributed by atoms with E-state index in [9.17, 15) is 4.79 Å². The molecule has 0 bridgehead atoms. The van der Waals surface area contributed by atoms with Gasteiger partial charge in [-0.2, -0.15) is 0 Å². The van der Waals surface area contributed by atoms with Crippen LogP contribution in [-0.2, 0) is 4.79 Å². The van der Waals surface area contributed by atoms with Crippen LogP contribution in [0.25, 0.3) is 0 Å². The summed E-state index contributed by atoms with van der Waals surface area (Å²) in [6, 6.07) is -0.0244. The summed E-state index contributed by atoms with van der Waals surface area (Å²) in [7, 11) is 0. The molecule has 1 aromatic heterocycles. The molecule has 1 heterocycles. The monoisotopic (exact) mass is 283 g/mol. The number of amides is 1. The first-order chi connectivity index (χ1) is 8.92. The lowest BCUT2D eigenvalue weighted by molar-refractivity contribution is -0.122. The summed E-state index contributed by atoms with van der Waals surface area (Å²) in [6.07, 6.45) is 1.50. The van der Waals surface area contributed by atoms with E-state index in [0.29, 0.717) is 18.9 Å². The molecule has 0 aliphatic heterocycles. The van der Waals surface area contributed by atoms with Crippen molar-refractivity contribution in [3.8, 4) is 0 Å². The van der Waals surface area contributed by atoms with E-state index < -0.39 is 0 Å². The lowest BCUT2D eigenvalue weighted by atomic mass is 9.94. The van der Waals surface area contributed by atoms with Crippen molar-refractivity contribution in [3.63, 3.8) is 0 Å². The number of aryl methyl sites for hydroxylation is 1. The standard InChI is InChI=1S/C14H25N3OS/c1-9(2)5-12(7-15)6-13(18)17-11(4)14-16-10(3)8-19-14/h8-9,11-12H,5-7,15H2,1-4H3,(H,17,18). The molecule has 0 aromatic carbocycles. The molecule has 0 radical (unpaired) electrons. The van der Waals surface area contributed by atoms with Gasteiger partial charge in [-0.3, -0.25) is 4.79 Å². The Morgan fingerprint density at radius 2 is 2.16 bits per heavy atom. The quantitative estimate of drug-likeness (QED) is 0.808. The van der Waals surface area contributed by atoms with E-state index in [-0.39, 0.29) is 17.9 Å². The summed E-state index contributed by atoms with van der Waals surface area (Å²) in [6.45, 7) is 8.80. The molecular formula is C14H25N3OS. The van der Waals surface area contributed by atoms with Crippen molar-refractivity contribution in [1.82, 2.24) is 10.3 Å². The Hall–Kier alpha value is -0.940. The number of carbonyl (C=O) groups is 1. The van der Waals surface area contributed by atoms with Crippen molar-refractivity contribution >= 4 is 17.2 Å². The molecule has 5 heteroatoms. The summed E-state index contributed by atoms with van der Waals surface area (Å²) in [5.41, 5.74) is 6.73. The third-order valence-corrected chi connectivity index (χ3v) is 4.14. The summed E-state index contributed by atoms with van der Waals surface area (Å²) >= 11 is 1.58. The van der Waals surface area contributed by atoms with Gasteiger partial charge in [0.05, 0.1) is 6.04 Å². The molecule has 1 amide bonds. The van der Waals surface area contributed by atoms with Crippen LogP contribution in [0.1, 0.15) is 50.4 Å². The molecule has 0 saturated carbocycles. The highest BCUT2D eigenvalue weighted by molar-refractivity contribution is 7.09. The second-order valence-corrected chi connectivity index (χ2v) is 6.44. The third-order valence-electron chi connectivity index (χ3n) is 3.00. The number of hydrogen-bond donors (Lipinski definition) is 2. The minimum Gasteiger partial charge on any atom is -0.347 e. The predicted octanol–water partition coefficient (Wildman–Crippen LogP) is 2.64. The van der Waals surface area contributed by atoms with Crippen molar-refractivity contribution in [1.29, 1.82) is 0 Å². The fourth-order valence-corrected chi connectivity index (χ4v) is 2.93. The first kappa shape index (κ1) is 16.1. The number of hydrogen-bond acceptors (Lipinski definition) is 4. The number of carbonyl (C=O) groups excluding carboxylic acids is 1. The lowest BCUT2D eigenvalue weighted by Crippen LogP contribution is -2.30. The Kier molecular flexibility index (Phi) is 6.45. The van der Waals surface area contributed by atoms with E-state index in [1.54, 1.807) is 11.3 Å². The maximum Gasteiger partial charge on any atom is 0.220 e. The molecule has 19 heavy (non-hydrogen) atoms. The van der Waals surface area contributed by atoms with Crippen molar-refractivity contribution in [2.24, 2.45) is 17.6 Å². The van der Waals surface area contributed by atoms with E-state index in [2.05, 4.69) is 24.1 Å². The highest BCUT2D eigenvalue weighted by Gasteiger charge is 2.17. The van der Waals surface area contributed by atoms with Gasteiger partial charge in [-0.05, 0) is 38.6 Å². The number of nitrogens with two attached hydrogens (primary N) is 1. The summed E-state index contributed by atoms with van der Waals surface area (Å²) < 4.78 is 0. The fourth-order valence-electron chi connectivity index (χ4n) is 2.12. The molecule has 0 aliphatic rings. The molecule has 1 rings (SSSR count). The molecule has 0 saturated heterocycles. The fraction of sp³-hybridized carbons (Fsp3) is 0.714. The van der Waals surface area contributed by atoms with Crippen LogP contribution < -0.4 is 11.1 Å². The molecule has 0 spiro atoms. The summed E-state index contributed by atoms with van der Waals surface area (Å²) in [5.74, 6) is 0.905. The van der Waals surface area contributed by atoms with E-state index >= 15 is 0 Å². The molecule has 4 nitrogen and oxygen atoms in total. The average Bonchev–Trinajstić information content (AvgIpc) is 2.74. The van der Waals surface area contributed by atoms with Gasteiger partial charge in [0.1, 0.15) is 5.01 Å². The van der Waals surface area contributed by atoms with E-state index in [1.807, 2.05) is 19.2 Å². The van der Waals surface area contributed by atoms with Gasteiger partial charge in [0, 0.05) is 17.5 Å². The van der Waals surface area contributed by atoms with E-state index in [0.717, 1.165) is 17.1 Å². The smallest absolute Gasteiger partial charge is 0.220 e. The summed E-state index contributed by atoms with van der Waals surface area (Å²) in [4.78, 5) is 16.4. The first-order valence-electron chi connectivity index (χ1n) is 6.83. The molecule has 3 N–H and O–H groups in total. The Balaban J connectivity index is 2.45. The van der Waals surface area contributed by atoms with Crippen LogP contribution in [0.3, 0.4) is 0 Å². The first-order valence-corrected chi connectivity index (χ1v) is 7.71. The Morgan fingerprint density at radius 3 is 2.63 bits per heavy atom. The molecular weight excluding hydrogens is 258 g/mol. The number of nitrogens with one attached hydrogen (secondary N) is 1. The second kappa shape index (κ2) is 7.60. The van der Waals surface area contributed by atoms with Crippen LogP contribution in [-0.4, -0.2) is 17.4 Å². The van der Waals surface area contributed by atoms with Gasteiger partial charge in [0.2, 0.25) is 5.91 Å². The van der Waals surface area contributed by atoms with Crippen LogP contribution in [0.5, 0.6) is 0 Å². The van der Waals surface area contributed by atoms with Crippen molar-refractivity contribution in [3.05, 3.63) is 16.1 Å². The lowest BCUT2D eigenvalue weighted by Gasteiger charge is -2.18. The highest BCUT2D eigenvalue weighted by Crippen LogP contribution is 2.19. The minimum absolute atomic E-state index is 0.0244. The van der Waals surface area contributed by atoms with Gasteiger partial charge in [-0.1, -0.05) is 13.8 Å². The number of nitrogens with zero attached hydrogens (tertiary/aromatic N) is 1. The van der Waals surface area contributed by atoms with Gasteiger partial charge in [-0.15, -0.1) is 11.3 Å². The van der Waals surface area contributed by atoms with Gasteiger partial charge < -0.3 is 11.1 Å². The third kappa shape index (κ3) is 5.70. The average molecular weight is 283 g/mol. The van der Waals surface area contributed by atoms with Crippen LogP contribution in [0.15, 0.2) is 5.38 Å². The zero-order valence-electron chi connectivity index (χ0n) is 12.3. The highest BCUT2D eigenvalue weighted by atomic mass is 32.1. The van der Waals surface area contributed by atoms with Crippen LogP contribution in [0, 0.1) is 18.8 Å². The number of thiazole rings is 1. The number of aromatic nitrogens is 1. The molecule has 108 valence electrons. The minimum atomic E-state index is -0.0244.